The molecule has 0 amide bonds. The number of alkyl halides is 1. The molecule has 0 bridgehead atoms. The second-order valence-electron chi connectivity index (χ2n) is 3.91. The Kier molecular flexibility index (Phi) is 4.89. The lowest BCUT2D eigenvalue weighted by Crippen LogP contribution is -2.32. The topological polar surface area (TPSA) is 16.1 Å². The van der Waals surface area contributed by atoms with Gasteiger partial charge in [-0.1, -0.05) is 13.0 Å². The monoisotopic (exact) mass is 226 g/mol. The highest BCUT2D eigenvalue weighted by molar-refractivity contribution is 6.17. The molecule has 0 unspecified atom stereocenters. The SMILES string of the molecule is CCCN(c1ncccc1CCl)C(C)C. The highest BCUT2D eigenvalue weighted by atomic mass is 35.5. The normalized spacial score (nSPS) is 10.7. The Hall–Kier alpha value is -0.760. The Bertz CT molecular complexity index is 299. The fourth-order valence-electron chi connectivity index (χ4n) is 1.64. The van der Waals surface area contributed by atoms with Gasteiger partial charge in [-0.15, -0.1) is 11.6 Å². The molecule has 0 radical (unpaired) electrons. The van der Waals surface area contributed by atoms with Crippen molar-refractivity contribution in [3.63, 3.8) is 0 Å². The average Bonchev–Trinajstić information content (AvgIpc) is 2.25. The van der Waals surface area contributed by atoms with Crippen molar-refractivity contribution < 1.29 is 0 Å². The second-order valence-corrected chi connectivity index (χ2v) is 4.17. The summed E-state index contributed by atoms with van der Waals surface area (Å²) in [5, 5.41) is 0. The molecule has 0 aliphatic carbocycles. The zero-order chi connectivity index (χ0) is 11.3. The Morgan fingerprint density at radius 2 is 2.20 bits per heavy atom. The molecular weight excluding hydrogens is 208 g/mol. The van der Waals surface area contributed by atoms with Crippen LogP contribution in [0, 0.1) is 0 Å². The molecule has 3 heteroatoms. The summed E-state index contributed by atoms with van der Waals surface area (Å²) in [5.74, 6) is 1.56. The Morgan fingerprint density at radius 1 is 1.47 bits per heavy atom. The van der Waals surface area contributed by atoms with E-state index < -0.39 is 0 Å². The van der Waals surface area contributed by atoms with E-state index >= 15 is 0 Å². The molecule has 0 aromatic carbocycles. The quantitative estimate of drug-likeness (QED) is 0.715. The van der Waals surface area contributed by atoms with Crippen LogP contribution in [0.3, 0.4) is 0 Å². The van der Waals surface area contributed by atoms with Crippen molar-refractivity contribution in [2.75, 3.05) is 11.4 Å². The van der Waals surface area contributed by atoms with Crippen molar-refractivity contribution in [2.45, 2.75) is 39.1 Å². The first kappa shape index (κ1) is 12.3. The summed E-state index contributed by atoms with van der Waals surface area (Å²) < 4.78 is 0. The van der Waals surface area contributed by atoms with E-state index in [4.69, 9.17) is 11.6 Å². The maximum absolute atomic E-state index is 5.91. The minimum Gasteiger partial charge on any atom is -0.354 e. The third-order valence-electron chi connectivity index (χ3n) is 2.37. The molecular formula is C12H19ClN2. The summed E-state index contributed by atoms with van der Waals surface area (Å²) in [5.41, 5.74) is 1.11. The molecule has 1 aromatic heterocycles. The fourth-order valence-corrected chi connectivity index (χ4v) is 1.85. The lowest BCUT2D eigenvalue weighted by Gasteiger charge is -2.28. The highest BCUT2D eigenvalue weighted by Crippen LogP contribution is 2.21. The number of hydrogen-bond acceptors (Lipinski definition) is 2. The van der Waals surface area contributed by atoms with Gasteiger partial charge >= 0.3 is 0 Å². The standard InChI is InChI=1S/C12H19ClN2/c1-4-8-15(10(2)3)12-11(9-13)6-5-7-14-12/h5-7,10H,4,8-9H2,1-3H3. The summed E-state index contributed by atoms with van der Waals surface area (Å²) in [4.78, 5) is 6.73. The van der Waals surface area contributed by atoms with Gasteiger partial charge in [0.15, 0.2) is 0 Å². The van der Waals surface area contributed by atoms with Crippen LogP contribution in [0.25, 0.3) is 0 Å². The molecule has 2 nitrogen and oxygen atoms in total. The van der Waals surface area contributed by atoms with Crippen LogP contribution in [0.4, 0.5) is 5.82 Å². The molecule has 0 fully saturated rings. The molecule has 0 aliphatic rings. The molecule has 0 atom stereocenters. The van der Waals surface area contributed by atoms with Gasteiger partial charge in [-0.05, 0) is 26.3 Å². The van der Waals surface area contributed by atoms with Crippen molar-refractivity contribution >= 4 is 17.4 Å². The van der Waals surface area contributed by atoms with Gasteiger partial charge in [-0.2, -0.15) is 0 Å². The summed E-state index contributed by atoms with van der Waals surface area (Å²) in [6, 6.07) is 4.44. The highest BCUT2D eigenvalue weighted by Gasteiger charge is 2.13. The smallest absolute Gasteiger partial charge is 0.133 e. The number of aromatic nitrogens is 1. The first-order valence-corrected chi connectivity index (χ1v) is 6.00. The van der Waals surface area contributed by atoms with Crippen LogP contribution in [-0.2, 0) is 5.88 Å². The van der Waals surface area contributed by atoms with E-state index in [0.717, 1.165) is 24.3 Å². The third kappa shape index (κ3) is 3.10. The van der Waals surface area contributed by atoms with Crippen LogP contribution in [0.1, 0.15) is 32.8 Å². The largest absolute Gasteiger partial charge is 0.354 e. The number of halogens is 1. The Balaban J connectivity index is 2.98. The first-order chi connectivity index (χ1) is 7.20. The van der Waals surface area contributed by atoms with Crippen molar-refractivity contribution in [1.82, 2.24) is 4.98 Å². The lowest BCUT2D eigenvalue weighted by atomic mass is 10.2. The Morgan fingerprint density at radius 3 is 2.73 bits per heavy atom. The van der Waals surface area contributed by atoms with Gasteiger partial charge in [0.1, 0.15) is 5.82 Å². The molecule has 15 heavy (non-hydrogen) atoms. The number of rotatable bonds is 5. The molecule has 84 valence electrons. The van der Waals surface area contributed by atoms with Gasteiger partial charge in [0, 0.05) is 24.3 Å². The predicted octanol–water partition coefficient (Wildman–Crippen LogP) is 3.45. The van der Waals surface area contributed by atoms with Crippen LogP contribution in [0.5, 0.6) is 0 Å². The van der Waals surface area contributed by atoms with Crippen molar-refractivity contribution in [3.05, 3.63) is 23.9 Å². The predicted molar refractivity (Wildman–Crippen MR) is 66.6 cm³/mol. The van der Waals surface area contributed by atoms with E-state index in [1.54, 1.807) is 0 Å². The number of anilines is 1. The third-order valence-corrected chi connectivity index (χ3v) is 2.66. The minimum absolute atomic E-state index is 0.460. The molecule has 0 saturated carbocycles. The maximum atomic E-state index is 5.91. The summed E-state index contributed by atoms with van der Waals surface area (Å²) in [6.07, 6.45) is 2.95. The van der Waals surface area contributed by atoms with Crippen LogP contribution in [-0.4, -0.2) is 17.6 Å². The van der Waals surface area contributed by atoms with E-state index in [0.29, 0.717) is 11.9 Å². The molecule has 1 aromatic rings. The van der Waals surface area contributed by atoms with E-state index in [2.05, 4.69) is 30.7 Å². The van der Waals surface area contributed by atoms with Crippen molar-refractivity contribution in [1.29, 1.82) is 0 Å². The summed E-state index contributed by atoms with van der Waals surface area (Å²) in [6.45, 7) is 7.57. The van der Waals surface area contributed by atoms with Crippen LogP contribution < -0.4 is 4.90 Å². The van der Waals surface area contributed by atoms with Gasteiger partial charge < -0.3 is 4.90 Å². The second kappa shape index (κ2) is 5.96. The molecule has 1 rings (SSSR count). The molecule has 0 saturated heterocycles. The zero-order valence-corrected chi connectivity index (χ0v) is 10.5. The average molecular weight is 227 g/mol. The molecule has 1 heterocycles. The number of hydrogen-bond donors (Lipinski definition) is 0. The lowest BCUT2D eigenvalue weighted by molar-refractivity contribution is 0.659. The first-order valence-electron chi connectivity index (χ1n) is 5.47. The van der Waals surface area contributed by atoms with E-state index in [1.165, 1.54) is 0 Å². The van der Waals surface area contributed by atoms with Gasteiger partial charge in [0.05, 0.1) is 5.88 Å². The number of nitrogens with zero attached hydrogens (tertiary/aromatic N) is 2. The van der Waals surface area contributed by atoms with E-state index in [1.807, 2.05) is 18.3 Å². The van der Waals surface area contributed by atoms with Gasteiger partial charge in [-0.3, -0.25) is 0 Å². The van der Waals surface area contributed by atoms with Crippen LogP contribution in [0.2, 0.25) is 0 Å². The molecule has 0 aliphatic heterocycles. The molecule has 0 N–H and O–H groups in total. The Labute approximate surface area is 97.3 Å². The van der Waals surface area contributed by atoms with Crippen LogP contribution in [0.15, 0.2) is 18.3 Å². The van der Waals surface area contributed by atoms with Crippen molar-refractivity contribution in [3.8, 4) is 0 Å². The molecule has 0 spiro atoms. The summed E-state index contributed by atoms with van der Waals surface area (Å²) >= 11 is 5.91. The van der Waals surface area contributed by atoms with E-state index in [-0.39, 0.29) is 0 Å². The van der Waals surface area contributed by atoms with Gasteiger partial charge in [0.25, 0.3) is 0 Å². The van der Waals surface area contributed by atoms with Gasteiger partial charge in [-0.25, -0.2) is 4.98 Å². The zero-order valence-electron chi connectivity index (χ0n) is 9.70. The minimum atomic E-state index is 0.460. The maximum Gasteiger partial charge on any atom is 0.133 e. The van der Waals surface area contributed by atoms with Crippen molar-refractivity contribution in [2.24, 2.45) is 0 Å². The van der Waals surface area contributed by atoms with Gasteiger partial charge in [0.2, 0.25) is 0 Å². The van der Waals surface area contributed by atoms with E-state index in [9.17, 15) is 0 Å². The summed E-state index contributed by atoms with van der Waals surface area (Å²) in [7, 11) is 0. The number of pyridine rings is 1. The fraction of sp³-hybridized carbons (Fsp3) is 0.583. The van der Waals surface area contributed by atoms with Crippen LogP contribution >= 0.6 is 11.6 Å².